The lowest BCUT2D eigenvalue weighted by molar-refractivity contribution is -0.123. The van der Waals surface area contributed by atoms with E-state index in [0.29, 0.717) is 0 Å². The summed E-state index contributed by atoms with van der Waals surface area (Å²) in [5.74, 6) is 0.134. The van der Waals surface area contributed by atoms with E-state index in [1.807, 2.05) is 19.1 Å². The number of hydrogen-bond acceptors (Lipinski definition) is 2. The molecule has 106 valence electrons. The van der Waals surface area contributed by atoms with E-state index in [4.69, 9.17) is 0 Å². The smallest absolute Gasteiger partial charge is 0.237 e. The van der Waals surface area contributed by atoms with E-state index in [2.05, 4.69) is 38.7 Å². The highest BCUT2D eigenvalue weighted by Gasteiger charge is 2.22. The number of rotatable bonds is 4. The van der Waals surface area contributed by atoms with E-state index in [1.165, 1.54) is 5.56 Å². The first-order chi connectivity index (χ1) is 8.65. The minimum atomic E-state index is 0. The third-order valence-electron chi connectivity index (χ3n) is 3.20. The minimum absolute atomic E-state index is 0. The molecule has 1 aliphatic heterocycles. The highest BCUT2D eigenvalue weighted by molar-refractivity contribution is 9.10. The van der Waals surface area contributed by atoms with Gasteiger partial charge in [0.15, 0.2) is 0 Å². The van der Waals surface area contributed by atoms with E-state index in [1.54, 1.807) is 0 Å². The average Bonchev–Trinajstić information content (AvgIpc) is 2.81. The van der Waals surface area contributed by atoms with Crippen LogP contribution in [-0.2, 0) is 11.2 Å². The van der Waals surface area contributed by atoms with Crippen molar-refractivity contribution in [3.05, 3.63) is 34.3 Å². The Morgan fingerprint density at radius 3 is 3.00 bits per heavy atom. The van der Waals surface area contributed by atoms with E-state index < -0.39 is 0 Å². The number of benzene rings is 1. The topological polar surface area (TPSA) is 41.1 Å². The van der Waals surface area contributed by atoms with Gasteiger partial charge in [0.2, 0.25) is 5.91 Å². The molecule has 5 heteroatoms. The zero-order chi connectivity index (χ0) is 13.0. The fraction of sp³-hybridized carbons (Fsp3) is 0.500. The van der Waals surface area contributed by atoms with Crippen LogP contribution in [0.4, 0.5) is 0 Å². The Kier molecular flexibility index (Phi) is 6.83. The van der Waals surface area contributed by atoms with Gasteiger partial charge >= 0.3 is 0 Å². The molecule has 0 radical (unpaired) electrons. The molecule has 1 heterocycles. The quantitative estimate of drug-likeness (QED) is 0.879. The SMILES string of the molecule is CC(Cc1cccc(Br)c1)NC(=O)C1CCCN1.Cl. The Morgan fingerprint density at radius 2 is 2.37 bits per heavy atom. The molecule has 0 aromatic heterocycles. The van der Waals surface area contributed by atoms with Gasteiger partial charge in [0.25, 0.3) is 0 Å². The van der Waals surface area contributed by atoms with Crippen molar-refractivity contribution >= 4 is 34.2 Å². The van der Waals surface area contributed by atoms with Gasteiger partial charge in [0.1, 0.15) is 0 Å². The molecule has 0 bridgehead atoms. The molecule has 3 nitrogen and oxygen atoms in total. The number of halogens is 2. The van der Waals surface area contributed by atoms with E-state index in [0.717, 1.165) is 30.3 Å². The number of hydrogen-bond donors (Lipinski definition) is 2. The number of carbonyl (C=O) groups is 1. The van der Waals surface area contributed by atoms with Gasteiger partial charge in [-0.25, -0.2) is 0 Å². The van der Waals surface area contributed by atoms with E-state index in [9.17, 15) is 4.79 Å². The minimum Gasteiger partial charge on any atom is -0.352 e. The van der Waals surface area contributed by atoms with Crippen molar-refractivity contribution in [1.29, 1.82) is 0 Å². The van der Waals surface area contributed by atoms with E-state index >= 15 is 0 Å². The molecule has 1 aliphatic rings. The molecular weight excluding hydrogens is 328 g/mol. The van der Waals surface area contributed by atoms with Crippen molar-refractivity contribution in [3.63, 3.8) is 0 Å². The van der Waals surface area contributed by atoms with Crippen LogP contribution in [0.25, 0.3) is 0 Å². The summed E-state index contributed by atoms with van der Waals surface area (Å²) < 4.78 is 1.08. The molecule has 1 fully saturated rings. The molecule has 2 unspecified atom stereocenters. The van der Waals surface area contributed by atoms with Crippen LogP contribution in [-0.4, -0.2) is 24.5 Å². The largest absolute Gasteiger partial charge is 0.352 e. The Morgan fingerprint density at radius 1 is 1.58 bits per heavy atom. The van der Waals surface area contributed by atoms with Crippen LogP contribution in [0.5, 0.6) is 0 Å². The Hall–Kier alpha value is -0.580. The van der Waals surface area contributed by atoms with Crippen molar-refractivity contribution in [2.45, 2.75) is 38.3 Å². The van der Waals surface area contributed by atoms with Crippen molar-refractivity contribution in [1.82, 2.24) is 10.6 Å². The second-order valence-corrected chi connectivity index (χ2v) is 5.81. The zero-order valence-electron chi connectivity index (χ0n) is 11.0. The second kappa shape index (κ2) is 7.88. The first-order valence-electron chi connectivity index (χ1n) is 6.43. The summed E-state index contributed by atoms with van der Waals surface area (Å²) in [6, 6.07) is 8.38. The molecule has 1 aromatic rings. The molecule has 2 atom stereocenters. The van der Waals surface area contributed by atoms with Crippen LogP contribution in [0.15, 0.2) is 28.7 Å². The molecular formula is C14H20BrClN2O. The lowest BCUT2D eigenvalue weighted by Crippen LogP contribution is -2.44. The van der Waals surface area contributed by atoms with Crippen molar-refractivity contribution in [2.24, 2.45) is 0 Å². The lowest BCUT2D eigenvalue weighted by Gasteiger charge is -2.17. The normalized spacial score (nSPS) is 19.6. The fourth-order valence-corrected chi connectivity index (χ4v) is 2.77. The summed E-state index contributed by atoms with van der Waals surface area (Å²) in [5.41, 5.74) is 1.23. The molecule has 19 heavy (non-hydrogen) atoms. The fourth-order valence-electron chi connectivity index (χ4n) is 2.32. The number of nitrogens with one attached hydrogen (secondary N) is 2. The molecule has 0 aliphatic carbocycles. The van der Waals surface area contributed by atoms with Gasteiger partial charge in [-0.1, -0.05) is 28.1 Å². The standard InChI is InChI=1S/C14H19BrN2O.ClH/c1-10(8-11-4-2-5-12(15)9-11)17-14(18)13-6-3-7-16-13;/h2,4-5,9-10,13,16H,3,6-8H2,1H3,(H,17,18);1H. The molecule has 2 N–H and O–H groups in total. The summed E-state index contributed by atoms with van der Waals surface area (Å²) in [4.78, 5) is 11.9. The molecule has 0 spiro atoms. The maximum atomic E-state index is 11.9. The van der Waals surface area contributed by atoms with E-state index in [-0.39, 0.29) is 30.4 Å². The lowest BCUT2D eigenvalue weighted by atomic mass is 10.1. The van der Waals surface area contributed by atoms with Crippen molar-refractivity contribution in [2.75, 3.05) is 6.54 Å². The summed E-state index contributed by atoms with van der Waals surface area (Å²) in [5, 5.41) is 6.29. The van der Waals surface area contributed by atoms with Gasteiger partial charge in [-0.2, -0.15) is 0 Å². The van der Waals surface area contributed by atoms with Gasteiger partial charge in [0.05, 0.1) is 6.04 Å². The van der Waals surface area contributed by atoms with Gasteiger partial charge < -0.3 is 10.6 Å². The molecule has 0 saturated carbocycles. The summed E-state index contributed by atoms with van der Waals surface area (Å²) >= 11 is 3.46. The van der Waals surface area contributed by atoms with Crippen LogP contribution in [0.2, 0.25) is 0 Å². The van der Waals surface area contributed by atoms with Crippen molar-refractivity contribution < 1.29 is 4.79 Å². The second-order valence-electron chi connectivity index (χ2n) is 4.89. The van der Waals surface area contributed by atoms with Gasteiger partial charge in [0, 0.05) is 10.5 Å². The third kappa shape index (κ3) is 5.13. The van der Waals surface area contributed by atoms with Gasteiger partial charge in [-0.05, 0) is 50.4 Å². The zero-order valence-corrected chi connectivity index (χ0v) is 13.4. The molecule has 2 rings (SSSR count). The first kappa shape index (κ1) is 16.5. The van der Waals surface area contributed by atoms with Crippen LogP contribution in [0.1, 0.15) is 25.3 Å². The highest BCUT2D eigenvalue weighted by atomic mass is 79.9. The Labute approximate surface area is 129 Å². The molecule has 1 aromatic carbocycles. The predicted octanol–water partition coefficient (Wildman–Crippen LogP) is 2.67. The highest BCUT2D eigenvalue weighted by Crippen LogP contribution is 2.13. The molecule has 1 saturated heterocycles. The summed E-state index contributed by atoms with van der Waals surface area (Å²) in [7, 11) is 0. The third-order valence-corrected chi connectivity index (χ3v) is 3.69. The van der Waals surface area contributed by atoms with Gasteiger partial charge in [-0.3, -0.25) is 4.79 Å². The number of carbonyl (C=O) groups excluding carboxylic acids is 1. The van der Waals surface area contributed by atoms with Crippen LogP contribution in [0.3, 0.4) is 0 Å². The van der Waals surface area contributed by atoms with Crippen LogP contribution < -0.4 is 10.6 Å². The predicted molar refractivity (Wildman–Crippen MR) is 83.7 cm³/mol. The first-order valence-corrected chi connectivity index (χ1v) is 7.22. The van der Waals surface area contributed by atoms with Crippen LogP contribution >= 0.6 is 28.3 Å². The average molecular weight is 348 g/mol. The van der Waals surface area contributed by atoms with Crippen molar-refractivity contribution in [3.8, 4) is 0 Å². The molecule has 1 amide bonds. The summed E-state index contributed by atoms with van der Waals surface area (Å²) in [6.07, 6.45) is 2.91. The maximum Gasteiger partial charge on any atom is 0.237 e. The number of amides is 1. The van der Waals surface area contributed by atoms with Gasteiger partial charge in [-0.15, -0.1) is 12.4 Å². The van der Waals surface area contributed by atoms with Crippen LogP contribution in [0, 0.1) is 0 Å². The monoisotopic (exact) mass is 346 g/mol. The summed E-state index contributed by atoms with van der Waals surface area (Å²) in [6.45, 7) is 3.01. The Balaban J connectivity index is 0.00000180. The Bertz CT molecular complexity index is 422. The maximum absolute atomic E-state index is 11.9.